The molecule has 1 unspecified atom stereocenters. The molecule has 2 aromatic rings. The number of hydrogen-bond acceptors (Lipinski definition) is 4. The maximum atomic E-state index is 12.1. The molecule has 1 amide bonds. The van der Waals surface area contributed by atoms with Gasteiger partial charge in [-0.1, -0.05) is 12.1 Å². The lowest BCUT2D eigenvalue weighted by Gasteiger charge is -2.23. The van der Waals surface area contributed by atoms with E-state index >= 15 is 0 Å². The van der Waals surface area contributed by atoms with Gasteiger partial charge < -0.3 is 15.0 Å². The number of benzene rings is 1. The first-order chi connectivity index (χ1) is 11.7. The summed E-state index contributed by atoms with van der Waals surface area (Å²) in [6, 6.07) is 12.2. The van der Waals surface area contributed by atoms with Gasteiger partial charge in [0, 0.05) is 18.8 Å². The summed E-state index contributed by atoms with van der Waals surface area (Å²) < 4.78 is 5.39. The van der Waals surface area contributed by atoms with Crippen LogP contribution < -0.4 is 10.2 Å². The predicted molar refractivity (Wildman–Crippen MR) is 95.7 cm³/mol. The van der Waals surface area contributed by atoms with E-state index in [1.807, 2.05) is 12.1 Å². The minimum Gasteiger partial charge on any atom is -0.368 e. The van der Waals surface area contributed by atoms with Crippen LogP contribution in [0.5, 0.6) is 0 Å². The third-order valence-electron chi connectivity index (χ3n) is 4.16. The van der Waals surface area contributed by atoms with Gasteiger partial charge in [-0.05, 0) is 56.5 Å². The number of pyridine rings is 1. The van der Waals surface area contributed by atoms with Crippen LogP contribution in [0.3, 0.4) is 0 Å². The summed E-state index contributed by atoms with van der Waals surface area (Å²) >= 11 is 0. The van der Waals surface area contributed by atoms with Crippen molar-refractivity contribution in [2.75, 3.05) is 23.4 Å². The van der Waals surface area contributed by atoms with Crippen molar-refractivity contribution in [3.8, 4) is 0 Å². The second-order valence-electron chi connectivity index (χ2n) is 5.98. The number of nitrogens with one attached hydrogen (secondary N) is 1. The number of aryl methyl sites for hydroxylation is 1. The van der Waals surface area contributed by atoms with Gasteiger partial charge in [0.05, 0.1) is 11.9 Å². The summed E-state index contributed by atoms with van der Waals surface area (Å²) in [6.07, 6.45) is 3.16. The van der Waals surface area contributed by atoms with Crippen LogP contribution >= 0.6 is 0 Å². The Kier molecular flexibility index (Phi) is 5.11. The lowest BCUT2D eigenvalue weighted by molar-refractivity contribution is -0.124. The third-order valence-corrected chi connectivity index (χ3v) is 4.16. The molecule has 0 saturated carbocycles. The topological polar surface area (TPSA) is 54.5 Å². The van der Waals surface area contributed by atoms with Gasteiger partial charge in [-0.3, -0.25) is 4.79 Å². The average Bonchev–Trinajstić information content (AvgIpc) is 3.12. The standard InChI is InChI=1S/C19H23N3O2/c1-3-22(15-7-4-6-14(2)12-15)16-9-10-18(20-13-16)21-19(23)17-8-5-11-24-17/h4,6-7,9-10,12-13,17H,3,5,8,11H2,1-2H3,(H,20,21,23). The Morgan fingerprint density at radius 3 is 2.83 bits per heavy atom. The molecule has 126 valence electrons. The highest BCUT2D eigenvalue weighted by Crippen LogP contribution is 2.26. The first-order valence-corrected chi connectivity index (χ1v) is 8.40. The Labute approximate surface area is 142 Å². The van der Waals surface area contributed by atoms with Gasteiger partial charge in [-0.2, -0.15) is 0 Å². The van der Waals surface area contributed by atoms with Crippen molar-refractivity contribution in [1.82, 2.24) is 4.98 Å². The van der Waals surface area contributed by atoms with Crippen molar-refractivity contribution in [2.24, 2.45) is 0 Å². The van der Waals surface area contributed by atoms with Crippen LogP contribution in [0.4, 0.5) is 17.2 Å². The zero-order valence-corrected chi connectivity index (χ0v) is 14.2. The number of carbonyl (C=O) groups is 1. The molecule has 2 heterocycles. The highest BCUT2D eigenvalue weighted by molar-refractivity contribution is 5.93. The highest BCUT2D eigenvalue weighted by atomic mass is 16.5. The Morgan fingerprint density at radius 1 is 1.33 bits per heavy atom. The van der Waals surface area contributed by atoms with Gasteiger partial charge in [0.15, 0.2) is 0 Å². The fraction of sp³-hybridized carbons (Fsp3) is 0.368. The van der Waals surface area contributed by atoms with Crippen LogP contribution in [-0.2, 0) is 9.53 Å². The molecular formula is C19H23N3O2. The number of anilines is 3. The Morgan fingerprint density at radius 2 is 2.21 bits per heavy atom. The molecule has 5 nitrogen and oxygen atoms in total. The van der Waals surface area contributed by atoms with Crippen molar-refractivity contribution in [1.29, 1.82) is 0 Å². The zero-order valence-electron chi connectivity index (χ0n) is 14.2. The number of amides is 1. The van der Waals surface area contributed by atoms with Gasteiger partial charge in [0.2, 0.25) is 0 Å². The van der Waals surface area contributed by atoms with Gasteiger partial charge in [-0.25, -0.2) is 4.98 Å². The molecule has 1 saturated heterocycles. The molecule has 0 bridgehead atoms. The summed E-state index contributed by atoms with van der Waals surface area (Å²) in [6.45, 7) is 5.69. The minimum atomic E-state index is -0.342. The molecule has 1 aromatic carbocycles. The lowest BCUT2D eigenvalue weighted by Crippen LogP contribution is -2.27. The van der Waals surface area contributed by atoms with Crippen molar-refractivity contribution in [2.45, 2.75) is 32.8 Å². The van der Waals surface area contributed by atoms with Gasteiger partial charge in [0.25, 0.3) is 5.91 Å². The molecule has 0 aliphatic carbocycles. The van der Waals surface area contributed by atoms with Crippen molar-refractivity contribution >= 4 is 23.1 Å². The molecule has 0 radical (unpaired) electrons. The molecular weight excluding hydrogens is 302 g/mol. The normalized spacial score (nSPS) is 16.8. The molecule has 1 atom stereocenters. The molecule has 1 N–H and O–H groups in total. The van der Waals surface area contributed by atoms with Crippen LogP contribution in [0.1, 0.15) is 25.3 Å². The quantitative estimate of drug-likeness (QED) is 0.911. The maximum absolute atomic E-state index is 12.1. The monoisotopic (exact) mass is 325 g/mol. The molecule has 3 rings (SSSR count). The fourth-order valence-electron chi connectivity index (χ4n) is 2.92. The summed E-state index contributed by atoms with van der Waals surface area (Å²) in [5.74, 6) is 0.443. The first kappa shape index (κ1) is 16.5. The van der Waals surface area contributed by atoms with E-state index in [1.165, 1.54) is 5.56 Å². The number of carbonyl (C=O) groups excluding carboxylic acids is 1. The first-order valence-electron chi connectivity index (χ1n) is 8.40. The highest BCUT2D eigenvalue weighted by Gasteiger charge is 2.23. The van der Waals surface area contributed by atoms with E-state index in [1.54, 1.807) is 6.20 Å². The number of hydrogen-bond donors (Lipinski definition) is 1. The van der Waals surface area contributed by atoms with Gasteiger partial charge in [-0.15, -0.1) is 0 Å². The lowest BCUT2D eigenvalue weighted by atomic mass is 10.2. The van der Waals surface area contributed by atoms with Crippen LogP contribution in [0.25, 0.3) is 0 Å². The Balaban J connectivity index is 1.71. The van der Waals surface area contributed by atoms with Gasteiger partial charge in [0.1, 0.15) is 11.9 Å². The SMILES string of the molecule is CCN(c1ccc(NC(=O)C2CCCO2)nc1)c1cccc(C)c1. The van der Waals surface area contributed by atoms with E-state index < -0.39 is 0 Å². The summed E-state index contributed by atoms with van der Waals surface area (Å²) in [4.78, 5) is 18.6. The smallest absolute Gasteiger partial charge is 0.254 e. The Bertz CT molecular complexity index is 694. The molecule has 24 heavy (non-hydrogen) atoms. The second kappa shape index (κ2) is 7.45. The molecule has 1 aromatic heterocycles. The van der Waals surface area contributed by atoms with E-state index in [4.69, 9.17) is 4.74 Å². The molecule has 1 aliphatic rings. The third kappa shape index (κ3) is 3.74. The van der Waals surface area contributed by atoms with Crippen molar-refractivity contribution < 1.29 is 9.53 Å². The molecule has 1 aliphatic heterocycles. The number of aromatic nitrogens is 1. The van der Waals surface area contributed by atoms with E-state index in [0.29, 0.717) is 12.4 Å². The summed E-state index contributed by atoms with van der Waals surface area (Å²) in [5, 5.41) is 2.82. The van der Waals surface area contributed by atoms with E-state index in [9.17, 15) is 4.79 Å². The maximum Gasteiger partial charge on any atom is 0.254 e. The van der Waals surface area contributed by atoms with Crippen LogP contribution in [-0.4, -0.2) is 30.1 Å². The number of rotatable bonds is 5. The minimum absolute atomic E-state index is 0.112. The largest absolute Gasteiger partial charge is 0.368 e. The fourth-order valence-corrected chi connectivity index (χ4v) is 2.92. The summed E-state index contributed by atoms with van der Waals surface area (Å²) in [7, 11) is 0. The average molecular weight is 325 g/mol. The number of ether oxygens (including phenoxy) is 1. The second-order valence-corrected chi connectivity index (χ2v) is 5.98. The van der Waals surface area contributed by atoms with Crippen molar-refractivity contribution in [3.63, 3.8) is 0 Å². The molecule has 5 heteroatoms. The molecule has 0 spiro atoms. The van der Waals surface area contributed by atoms with Crippen LogP contribution in [0.2, 0.25) is 0 Å². The summed E-state index contributed by atoms with van der Waals surface area (Å²) in [5.41, 5.74) is 3.35. The molecule has 1 fully saturated rings. The Hall–Kier alpha value is -2.40. The van der Waals surface area contributed by atoms with E-state index in [-0.39, 0.29) is 12.0 Å². The zero-order chi connectivity index (χ0) is 16.9. The van der Waals surface area contributed by atoms with E-state index in [2.05, 4.69) is 53.3 Å². The van der Waals surface area contributed by atoms with Crippen molar-refractivity contribution in [3.05, 3.63) is 48.2 Å². The van der Waals surface area contributed by atoms with E-state index in [0.717, 1.165) is 30.8 Å². The van der Waals surface area contributed by atoms with Crippen LogP contribution in [0.15, 0.2) is 42.6 Å². The number of nitrogens with zero attached hydrogens (tertiary/aromatic N) is 2. The van der Waals surface area contributed by atoms with Gasteiger partial charge >= 0.3 is 0 Å². The van der Waals surface area contributed by atoms with Crippen LogP contribution in [0, 0.1) is 6.92 Å². The predicted octanol–water partition coefficient (Wildman–Crippen LogP) is 3.67.